The van der Waals surface area contributed by atoms with Gasteiger partial charge in [0.05, 0.1) is 13.2 Å². The van der Waals surface area contributed by atoms with E-state index in [1.54, 1.807) is 0 Å². The van der Waals surface area contributed by atoms with Crippen LogP contribution in [0.25, 0.3) is 0 Å². The fraction of sp³-hybridized carbons (Fsp3) is 0.889. The quantitative estimate of drug-likeness (QED) is 0.595. The lowest BCUT2D eigenvalue weighted by molar-refractivity contribution is 0.0767. The molecule has 1 N–H and O–H groups in total. The monoisotopic (exact) mass is 205 g/mol. The van der Waals surface area contributed by atoms with Crippen LogP contribution in [0.3, 0.4) is 0 Å². The summed E-state index contributed by atoms with van der Waals surface area (Å²) < 4.78 is 14.8. The molecule has 0 fully saturated rings. The minimum absolute atomic E-state index is 0.286. The molecule has 14 heavy (non-hydrogen) atoms. The van der Waals surface area contributed by atoms with Crippen molar-refractivity contribution in [3.8, 4) is 0 Å². The second-order valence-electron chi connectivity index (χ2n) is 2.46. The van der Waals surface area contributed by atoms with Crippen LogP contribution in [0.2, 0.25) is 0 Å². The Kier molecular flexibility index (Phi) is 9.68. The molecule has 0 aliphatic carbocycles. The predicted octanol–water partition coefficient (Wildman–Crippen LogP) is 0.786. The highest BCUT2D eigenvalue weighted by Gasteiger charge is 1.99. The van der Waals surface area contributed by atoms with Crippen LogP contribution in [0.4, 0.5) is 4.79 Å². The van der Waals surface area contributed by atoms with Crippen molar-refractivity contribution in [1.82, 2.24) is 5.32 Å². The largest absolute Gasteiger partial charge is 0.447 e. The highest BCUT2D eigenvalue weighted by Crippen LogP contribution is 1.80. The summed E-state index contributed by atoms with van der Waals surface area (Å²) in [4.78, 5) is 10.9. The zero-order chi connectivity index (χ0) is 10.6. The molecule has 0 aliphatic rings. The third kappa shape index (κ3) is 9.28. The van der Waals surface area contributed by atoms with Crippen LogP contribution in [0.5, 0.6) is 0 Å². The number of carbonyl (C=O) groups is 1. The first kappa shape index (κ1) is 13.2. The summed E-state index contributed by atoms with van der Waals surface area (Å²) in [5.74, 6) is 0. The molecule has 0 rings (SSSR count). The number of carbonyl (C=O) groups excluding carboxylic acids is 1. The SMILES string of the molecule is CCOCCNC(=O)OCCOCC. The lowest BCUT2D eigenvalue weighted by Crippen LogP contribution is -2.28. The van der Waals surface area contributed by atoms with Gasteiger partial charge in [0.25, 0.3) is 0 Å². The minimum atomic E-state index is -0.426. The standard InChI is InChI=1S/C9H19NO4/c1-3-12-6-5-10-9(11)14-8-7-13-4-2/h3-8H2,1-2H3,(H,10,11). The average molecular weight is 205 g/mol. The Morgan fingerprint density at radius 3 is 2.36 bits per heavy atom. The molecule has 0 unspecified atom stereocenters. The molecule has 0 bridgehead atoms. The summed E-state index contributed by atoms with van der Waals surface area (Å²) in [6, 6.07) is 0. The second kappa shape index (κ2) is 10.3. The van der Waals surface area contributed by atoms with E-state index in [1.807, 2.05) is 13.8 Å². The second-order valence-corrected chi connectivity index (χ2v) is 2.46. The van der Waals surface area contributed by atoms with E-state index in [-0.39, 0.29) is 6.61 Å². The van der Waals surface area contributed by atoms with E-state index < -0.39 is 6.09 Å². The number of hydrogen-bond donors (Lipinski definition) is 1. The van der Waals surface area contributed by atoms with Crippen molar-refractivity contribution in [2.24, 2.45) is 0 Å². The summed E-state index contributed by atoms with van der Waals surface area (Å²) in [6.45, 7) is 6.79. The minimum Gasteiger partial charge on any atom is -0.447 e. The summed E-state index contributed by atoms with van der Waals surface area (Å²) in [5, 5.41) is 2.55. The van der Waals surface area contributed by atoms with Gasteiger partial charge in [0.1, 0.15) is 6.61 Å². The molecule has 0 heterocycles. The highest BCUT2D eigenvalue weighted by atomic mass is 16.6. The molecule has 0 aromatic heterocycles. The summed E-state index contributed by atoms with van der Waals surface area (Å²) in [6.07, 6.45) is -0.426. The maximum Gasteiger partial charge on any atom is 0.407 e. The normalized spacial score (nSPS) is 9.86. The molecular weight excluding hydrogens is 186 g/mol. The zero-order valence-electron chi connectivity index (χ0n) is 8.88. The fourth-order valence-electron chi connectivity index (χ4n) is 0.758. The van der Waals surface area contributed by atoms with Crippen LogP contribution < -0.4 is 5.32 Å². The number of amides is 1. The van der Waals surface area contributed by atoms with Crippen molar-refractivity contribution < 1.29 is 19.0 Å². The maximum atomic E-state index is 10.9. The first-order valence-electron chi connectivity index (χ1n) is 4.87. The van der Waals surface area contributed by atoms with Crippen LogP contribution in [0.1, 0.15) is 13.8 Å². The van der Waals surface area contributed by atoms with Crippen LogP contribution in [0.15, 0.2) is 0 Å². The van der Waals surface area contributed by atoms with E-state index in [2.05, 4.69) is 5.32 Å². The number of rotatable bonds is 8. The third-order valence-corrected chi connectivity index (χ3v) is 1.38. The summed E-state index contributed by atoms with van der Waals surface area (Å²) in [7, 11) is 0. The summed E-state index contributed by atoms with van der Waals surface area (Å²) >= 11 is 0. The fourth-order valence-corrected chi connectivity index (χ4v) is 0.758. The molecular formula is C9H19NO4. The maximum absolute atomic E-state index is 10.9. The topological polar surface area (TPSA) is 56.8 Å². The molecule has 0 radical (unpaired) electrons. The number of alkyl carbamates (subject to hydrolysis) is 1. The highest BCUT2D eigenvalue weighted by molar-refractivity contribution is 5.66. The lowest BCUT2D eigenvalue weighted by atomic mass is 10.7. The van der Waals surface area contributed by atoms with Gasteiger partial charge in [-0.3, -0.25) is 0 Å². The number of hydrogen-bond acceptors (Lipinski definition) is 4. The van der Waals surface area contributed by atoms with Gasteiger partial charge in [0.15, 0.2) is 0 Å². The van der Waals surface area contributed by atoms with Crippen molar-refractivity contribution in [2.45, 2.75) is 13.8 Å². The van der Waals surface area contributed by atoms with Crippen LogP contribution in [-0.2, 0) is 14.2 Å². The van der Waals surface area contributed by atoms with Crippen molar-refractivity contribution in [3.63, 3.8) is 0 Å². The van der Waals surface area contributed by atoms with Gasteiger partial charge in [-0.2, -0.15) is 0 Å². The van der Waals surface area contributed by atoms with Gasteiger partial charge in [-0.05, 0) is 13.8 Å². The molecule has 5 nitrogen and oxygen atoms in total. The van der Waals surface area contributed by atoms with Crippen molar-refractivity contribution in [1.29, 1.82) is 0 Å². The van der Waals surface area contributed by atoms with Crippen LogP contribution in [-0.4, -0.2) is 45.7 Å². The van der Waals surface area contributed by atoms with Gasteiger partial charge in [-0.25, -0.2) is 4.79 Å². The van der Waals surface area contributed by atoms with Crippen LogP contribution in [0, 0.1) is 0 Å². The van der Waals surface area contributed by atoms with E-state index in [0.717, 1.165) is 0 Å². The zero-order valence-corrected chi connectivity index (χ0v) is 8.88. The number of ether oxygens (including phenoxy) is 3. The molecule has 0 spiro atoms. The Balaban J connectivity index is 3.11. The van der Waals surface area contributed by atoms with Crippen molar-refractivity contribution in [2.75, 3.05) is 39.6 Å². The van der Waals surface area contributed by atoms with Crippen molar-refractivity contribution >= 4 is 6.09 Å². The molecule has 0 aromatic carbocycles. The Labute approximate surface area is 84.7 Å². The number of nitrogens with one attached hydrogen (secondary N) is 1. The van der Waals surface area contributed by atoms with Gasteiger partial charge in [0.2, 0.25) is 0 Å². The van der Waals surface area contributed by atoms with Gasteiger partial charge >= 0.3 is 6.09 Å². The third-order valence-electron chi connectivity index (χ3n) is 1.38. The predicted molar refractivity (Wildman–Crippen MR) is 52.3 cm³/mol. The Hall–Kier alpha value is -0.810. The summed E-state index contributed by atoms with van der Waals surface area (Å²) in [5.41, 5.74) is 0. The molecule has 0 atom stereocenters. The van der Waals surface area contributed by atoms with Crippen LogP contribution >= 0.6 is 0 Å². The van der Waals surface area contributed by atoms with Gasteiger partial charge < -0.3 is 19.5 Å². The van der Waals surface area contributed by atoms with Gasteiger partial charge in [-0.1, -0.05) is 0 Å². The first-order valence-corrected chi connectivity index (χ1v) is 4.87. The Morgan fingerprint density at radius 2 is 1.71 bits per heavy atom. The first-order chi connectivity index (χ1) is 6.81. The molecule has 0 aromatic rings. The molecule has 84 valence electrons. The molecule has 0 aliphatic heterocycles. The molecule has 0 saturated heterocycles. The van der Waals surface area contributed by atoms with Gasteiger partial charge in [-0.15, -0.1) is 0 Å². The van der Waals surface area contributed by atoms with Gasteiger partial charge in [0, 0.05) is 19.8 Å². The molecule has 0 saturated carbocycles. The Bertz CT molecular complexity index is 127. The van der Waals surface area contributed by atoms with E-state index in [0.29, 0.717) is 33.0 Å². The average Bonchev–Trinajstić information content (AvgIpc) is 2.19. The molecule has 5 heteroatoms. The smallest absolute Gasteiger partial charge is 0.407 e. The van der Waals surface area contributed by atoms with E-state index in [4.69, 9.17) is 14.2 Å². The van der Waals surface area contributed by atoms with Crippen molar-refractivity contribution in [3.05, 3.63) is 0 Å². The van der Waals surface area contributed by atoms with E-state index >= 15 is 0 Å². The van der Waals surface area contributed by atoms with E-state index in [9.17, 15) is 4.79 Å². The molecule has 1 amide bonds. The van der Waals surface area contributed by atoms with E-state index in [1.165, 1.54) is 0 Å². The lowest BCUT2D eigenvalue weighted by Gasteiger charge is -2.06. The Morgan fingerprint density at radius 1 is 1.07 bits per heavy atom.